The maximum absolute atomic E-state index is 13.2. The second-order valence-corrected chi connectivity index (χ2v) is 11.2. The van der Waals surface area contributed by atoms with Crippen LogP contribution in [-0.4, -0.2) is 96.5 Å². The zero-order valence-corrected chi connectivity index (χ0v) is 20.5. The van der Waals surface area contributed by atoms with Crippen LogP contribution in [0.5, 0.6) is 0 Å². The number of nitro groups is 1. The normalized spacial score (nSPS) is 12.5. The average molecular weight is 531 g/mol. The first-order chi connectivity index (χ1) is 13.8. The largest absolute Gasteiger partial charge is 0.367 e. The molecule has 0 N–H and O–H groups in total. The molecule has 0 amide bonds. The van der Waals surface area contributed by atoms with Crippen molar-refractivity contribution in [1.82, 2.24) is 9.21 Å². The molecule has 0 atom stereocenters. The number of rotatable bonds is 13. The third kappa shape index (κ3) is 8.07. The number of hydrogen-bond acceptors (Lipinski definition) is 9. The Labute approximate surface area is 186 Å². The molecule has 172 valence electrons. The molecule has 0 unspecified atom stereocenters. The van der Waals surface area contributed by atoms with Crippen LogP contribution in [0.2, 0.25) is 0 Å². The van der Waals surface area contributed by atoms with E-state index in [4.69, 9.17) is 4.18 Å². The molecule has 11 nitrogen and oxygen atoms in total. The summed E-state index contributed by atoms with van der Waals surface area (Å²) in [7, 11) is -2.70. The van der Waals surface area contributed by atoms with Crippen LogP contribution in [-0.2, 0) is 24.3 Å². The lowest BCUT2D eigenvalue weighted by Gasteiger charge is -2.28. The summed E-state index contributed by atoms with van der Waals surface area (Å²) in [6, 6.07) is 3.59. The molecule has 14 heteroatoms. The van der Waals surface area contributed by atoms with E-state index >= 15 is 0 Å². The second kappa shape index (κ2) is 11.3. The molecule has 1 rings (SSSR count). The van der Waals surface area contributed by atoms with Crippen molar-refractivity contribution in [3.8, 4) is 0 Å². The van der Waals surface area contributed by atoms with Crippen LogP contribution in [0, 0.1) is 10.1 Å². The fourth-order valence-electron chi connectivity index (χ4n) is 2.47. The topological polar surface area (TPSA) is 130 Å². The van der Waals surface area contributed by atoms with E-state index in [1.807, 2.05) is 4.90 Å². The maximum atomic E-state index is 13.2. The summed E-state index contributed by atoms with van der Waals surface area (Å²) in [6.07, 6.45) is 0.920. The zero-order valence-electron chi connectivity index (χ0n) is 17.3. The summed E-state index contributed by atoms with van der Waals surface area (Å²) >= 11 is 3.29. The minimum atomic E-state index is -4.05. The molecule has 0 fully saturated rings. The molecule has 0 radical (unpaired) electrons. The van der Waals surface area contributed by atoms with Crippen molar-refractivity contribution in [2.75, 3.05) is 70.4 Å². The number of anilines is 1. The SMILES string of the molecule is CN(C)CCN(C)S(=O)(=O)c1cc([N+](=O)[O-])ccc1N(CCBr)CCOS(C)(=O)=O. The third-order valence-electron chi connectivity index (χ3n) is 4.06. The Hall–Kier alpha value is -1.32. The molecule has 30 heavy (non-hydrogen) atoms. The summed E-state index contributed by atoms with van der Waals surface area (Å²) in [6.45, 7) is 0.856. The number of non-ortho nitro benzene ring substituents is 1. The highest BCUT2D eigenvalue weighted by atomic mass is 79.9. The Kier molecular flexibility index (Phi) is 10.1. The van der Waals surface area contributed by atoms with E-state index in [9.17, 15) is 26.9 Å². The highest BCUT2D eigenvalue weighted by Crippen LogP contribution is 2.31. The molecule has 0 aliphatic carbocycles. The van der Waals surface area contributed by atoms with Crippen LogP contribution in [0.3, 0.4) is 0 Å². The highest BCUT2D eigenvalue weighted by molar-refractivity contribution is 9.09. The van der Waals surface area contributed by atoms with Gasteiger partial charge >= 0.3 is 0 Å². The Balaban J connectivity index is 3.40. The lowest BCUT2D eigenvalue weighted by Crippen LogP contribution is -2.36. The standard InChI is InChI=1S/C16H27BrN4O7S2/c1-18(2)9-10-19(3)30(26,27)16-13-14(21(22)23)5-6-15(16)20(8-7-17)11-12-28-29(4,24)25/h5-6,13H,7-12H2,1-4H3. The molecular weight excluding hydrogens is 504 g/mol. The number of nitro benzene ring substituents is 1. The number of likely N-dealkylation sites (N-methyl/N-ethyl adjacent to an activating group) is 2. The molecule has 0 saturated carbocycles. The third-order valence-corrected chi connectivity index (χ3v) is 6.89. The van der Waals surface area contributed by atoms with E-state index in [1.54, 1.807) is 19.0 Å². The summed E-state index contributed by atoms with van der Waals surface area (Å²) in [4.78, 5) is 13.8. The van der Waals surface area contributed by atoms with Gasteiger partial charge in [0.15, 0.2) is 0 Å². The molecule has 1 aromatic carbocycles. The van der Waals surface area contributed by atoms with E-state index < -0.39 is 25.1 Å². The van der Waals surface area contributed by atoms with Gasteiger partial charge in [-0.3, -0.25) is 14.3 Å². The number of hydrogen-bond donors (Lipinski definition) is 0. The van der Waals surface area contributed by atoms with Gasteiger partial charge in [0, 0.05) is 50.7 Å². The lowest BCUT2D eigenvalue weighted by molar-refractivity contribution is -0.385. The van der Waals surface area contributed by atoms with Crippen LogP contribution >= 0.6 is 15.9 Å². The zero-order chi connectivity index (χ0) is 23.1. The number of sulfonamides is 1. The van der Waals surface area contributed by atoms with Gasteiger partial charge in [-0.2, -0.15) is 12.7 Å². The molecule has 0 aliphatic rings. The van der Waals surface area contributed by atoms with Gasteiger partial charge in [-0.25, -0.2) is 8.42 Å². The van der Waals surface area contributed by atoms with Crippen LogP contribution in [0.4, 0.5) is 11.4 Å². The predicted octanol–water partition coefficient (Wildman–Crippen LogP) is 0.954. The van der Waals surface area contributed by atoms with Crippen LogP contribution < -0.4 is 4.90 Å². The van der Waals surface area contributed by atoms with E-state index in [0.29, 0.717) is 18.4 Å². The van der Waals surface area contributed by atoms with Gasteiger partial charge in [-0.05, 0) is 20.2 Å². The Morgan fingerprint density at radius 2 is 1.70 bits per heavy atom. The van der Waals surface area contributed by atoms with Crippen LogP contribution in [0.25, 0.3) is 0 Å². The van der Waals surface area contributed by atoms with Crippen molar-refractivity contribution in [2.24, 2.45) is 0 Å². The average Bonchev–Trinajstić information content (AvgIpc) is 2.63. The predicted molar refractivity (Wildman–Crippen MR) is 118 cm³/mol. The summed E-state index contributed by atoms with van der Waals surface area (Å²) in [5.74, 6) is 0. The van der Waals surface area contributed by atoms with Crippen LogP contribution in [0.1, 0.15) is 0 Å². The smallest absolute Gasteiger partial charge is 0.270 e. The molecule has 1 aromatic rings. The fourth-order valence-corrected chi connectivity index (χ4v) is 4.66. The maximum Gasteiger partial charge on any atom is 0.270 e. The summed E-state index contributed by atoms with van der Waals surface area (Å²) < 4.78 is 54.8. The minimum absolute atomic E-state index is 0.0699. The van der Waals surface area contributed by atoms with Crippen molar-refractivity contribution < 1.29 is 25.9 Å². The second-order valence-electron chi connectivity index (χ2n) is 6.74. The Morgan fingerprint density at radius 1 is 1.07 bits per heavy atom. The molecule has 0 spiro atoms. The summed E-state index contributed by atoms with van der Waals surface area (Å²) in [5.41, 5.74) is -0.127. The van der Waals surface area contributed by atoms with Gasteiger partial charge in [0.2, 0.25) is 10.0 Å². The number of nitrogens with zero attached hydrogens (tertiary/aromatic N) is 4. The molecule has 0 saturated heterocycles. The van der Waals surface area contributed by atoms with Gasteiger partial charge in [0.25, 0.3) is 15.8 Å². The molecule has 0 heterocycles. The Morgan fingerprint density at radius 3 is 2.20 bits per heavy atom. The first-order valence-corrected chi connectivity index (χ1v) is 13.2. The first kappa shape index (κ1) is 26.7. The van der Waals surface area contributed by atoms with Gasteiger partial charge in [-0.15, -0.1) is 0 Å². The monoisotopic (exact) mass is 530 g/mol. The van der Waals surface area contributed by atoms with E-state index in [-0.39, 0.29) is 36.0 Å². The minimum Gasteiger partial charge on any atom is -0.367 e. The van der Waals surface area contributed by atoms with Gasteiger partial charge in [-0.1, -0.05) is 15.9 Å². The van der Waals surface area contributed by atoms with Crippen molar-refractivity contribution >= 4 is 47.4 Å². The number of halogens is 1. The molecule has 0 aliphatic heterocycles. The van der Waals surface area contributed by atoms with E-state index in [2.05, 4.69) is 15.9 Å². The van der Waals surface area contributed by atoms with Gasteiger partial charge < -0.3 is 9.80 Å². The first-order valence-electron chi connectivity index (χ1n) is 8.84. The summed E-state index contributed by atoms with van der Waals surface area (Å²) in [5, 5.41) is 11.7. The van der Waals surface area contributed by atoms with Crippen LogP contribution in [0.15, 0.2) is 23.1 Å². The van der Waals surface area contributed by atoms with Crippen molar-refractivity contribution in [3.63, 3.8) is 0 Å². The van der Waals surface area contributed by atoms with Crippen molar-refractivity contribution in [3.05, 3.63) is 28.3 Å². The van der Waals surface area contributed by atoms with Gasteiger partial charge in [0.1, 0.15) is 4.90 Å². The van der Waals surface area contributed by atoms with E-state index in [0.717, 1.165) is 16.6 Å². The number of alkyl halides is 1. The molecule has 0 bridgehead atoms. The molecule has 0 aromatic heterocycles. The number of benzene rings is 1. The lowest BCUT2D eigenvalue weighted by atomic mass is 10.2. The highest BCUT2D eigenvalue weighted by Gasteiger charge is 2.28. The fraction of sp³-hybridized carbons (Fsp3) is 0.625. The molecular formula is C16H27BrN4O7S2. The quantitative estimate of drug-likeness (QED) is 0.158. The van der Waals surface area contributed by atoms with Crippen molar-refractivity contribution in [1.29, 1.82) is 0 Å². The van der Waals surface area contributed by atoms with E-state index in [1.165, 1.54) is 19.2 Å². The van der Waals surface area contributed by atoms with Crippen molar-refractivity contribution in [2.45, 2.75) is 4.90 Å². The van der Waals surface area contributed by atoms with Gasteiger partial charge in [0.05, 0.1) is 23.5 Å². The Bertz CT molecular complexity index is 939.